The Bertz CT molecular complexity index is 347. The number of anilines is 1. The number of hydrogen-bond donors (Lipinski definition) is 2. The van der Waals surface area contributed by atoms with Crippen LogP contribution in [0.15, 0.2) is 36.9 Å². The molecule has 0 radical (unpaired) electrons. The quantitative estimate of drug-likeness (QED) is 0.320. The molecule has 0 saturated heterocycles. The van der Waals surface area contributed by atoms with E-state index in [0.717, 1.165) is 6.54 Å². The Kier molecular flexibility index (Phi) is 4.57. The highest BCUT2D eigenvalue weighted by atomic mass is 16.1. The first kappa shape index (κ1) is 11.5. The van der Waals surface area contributed by atoms with Gasteiger partial charge in [-0.2, -0.15) is 0 Å². The number of nitrogen functional groups attached to an aromatic ring is 1. The standard InChI is InChI=1S/C12H16N2O/c1-2-7-14-8-6-12(15)10-4-3-5-11(13)9-10/h2-5,9,14H,1,6-8,13H2. The fourth-order valence-electron chi connectivity index (χ4n) is 1.26. The van der Waals surface area contributed by atoms with Crippen molar-refractivity contribution >= 4 is 11.5 Å². The van der Waals surface area contributed by atoms with Gasteiger partial charge >= 0.3 is 0 Å². The molecule has 0 spiro atoms. The summed E-state index contributed by atoms with van der Waals surface area (Å²) in [6, 6.07) is 7.05. The molecule has 0 aliphatic rings. The molecule has 1 aromatic carbocycles. The van der Waals surface area contributed by atoms with E-state index in [0.29, 0.717) is 24.2 Å². The molecule has 0 amide bonds. The number of nitrogens with two attached hydrogens (primary N) is 1. The molecular weight excluding hydrogens is 188 g/mol. The largest absolute Gasteiger partial charge is 0.399 e. The minimum atomic E-state index is 0.110. The Morgan fingerprint density at radius 1 is 1.53 bits per heavy atom. The van der Waals surface area contributed by atoms with E-state index < -0.39 is 0 Å². The summed E-state index contributed by atoms with van der Waals surface area (Å²) in [4.78, 5) is 11.6. The lowest BCUT2D eigenvalue weighted by Crippen LogP contribution is -2.18. The molecule has 0 unspecified atom stereocenters. The second-order valence-electron chi connectivity index (χ2n) is 3.29. The van der Waals surface area contributed by atoms with Gasteiger partial charge in [0.1, 0.15) is 0 Å². The van der Waals surface area contributed by atoms with Crippen molar-refractivity contribution in [2.75, 3.05) is 18.8 Å². The minimum Gasteiger partial charge on any atom is -0.399 e. The zero-order chi connectivity index (χ0) is 11.1. The van der Waals surface area contributed by atoms with Gasteiger partial charge < -0.3 is 11.1 Å². The summed E-state index contributed by atoms with van der Waals surface area (Å²) in [6.45, 7) is 4.98. The van der Waals surface area contributed by atoms with Gasteiger partial charge in [0.25, 0.3) is 0 Å². The van der Waals surface area contributed by atoms with Crippen molar-refractivity contribution in [1.29, 1.82) is 0 Å². The van der Waals surface area contributed by atoms with Crippen molar-refractivity contribution in [3.8, 4) is 0 Å². The van der Waals surface area contributed by atoms with Crippen molar-refractivity contribution < 1.29 is 4.79 Å². The maximum atomic E-state index is 11.6. The van der Waals surface area contributed by atoms with Gasteiger partial charge in [-0.1, -0.05) is 18.2 Å². The Balaban J connectivity index is 2.43. The van der Waals surface area contributed by atoms with Crippen LogP contribution in [0.4, 0.5) is 5.69 Å². The third kappa shape index (κ3) is 3.95. The molecular formula is C12H16N2O. The van der Waals surface area contributed by atoms with E-state index in [9.17, 15) is 4.79 Å². The molecule has 0 saturated carbocycles. The normalized spacial score (nSPS) is 9.87. The minimum absolute atomic E-state index is 0.110. The maximum Gasteiger partial charge on any atom is 0.164 e. The van der Waals surface area contributed by atoms with Gasteiger partial charge in [0.05, 0.1) is 0 Å². The van der Waals surface area contributed by atoms with E-state index in [1.54, 1.807) is 30.3 Å². The van der Waals surface area contributed by atoms with Crippen LogP contribution in [0.25, 0.3) is 0 Å². The van der Waals surface area contributed by atoms with Crippen LogP contribution in [-0.4, -0.2) is 18.9 Å². The van der Waals surface area contributed by atoms with E-state index in [2.05, 4.69) is 11.9 Å². The fourth-order valence-corrected chi connectivity index (χ4v) is 1.26. The van der Waals surface area contributed by atoms with Gasteiger partial charge in [-0.25, -0.2) is 0 Å². The molecule has 3 heteroatoms. The van der Waals surface area contributed by atoms with Crippen molar-refractivity contribution in [3.05, 3.63) is 42.5 Å². The Morgan fingerprint density at radius 2 is 2.33 bits per heavy atom. The molecule has 0 heterocycles. The van der Waals surface area contributed by atoms with Crippen molar-refractivity contribution in [3.63, 3.8) is 0 Å². The molecule has 0 aromatic heterocycles. The van der Waals surface area contributed by atoms with E-state index >= 15 is 0 Å². The molecule has 1 aromatic rings. The first-order valence-electron chi connectivity index (χ1n) is 4.94. The summed E-state index contributed by atoms with van der Waals surface area (Å²) in [5, 5.41) is 3.08. The molecule has 3 N–H and O–H groups in total. The number of nitrogens with one attached hydrogen (secondary N) is 1. The lowest BCUT2D eigenvalue weighted by molar-refractivity contribution is 0.0983. The van der Waals surface area contributed by atoms with Crippen molar-refractivity contribution in [1.82, 2.24) is 5.32 Å². The molecule has 80 valence electrons. The summed E-state index contributed by atoms with van der Waals surface area (Å²) in [5.74, 6) is 0.110. The zero-order valence-corrected chi connectivity index (χ0v) is 8.70. The zero-order valence-electron chi connectivity index (χ0n) is 8.70. The van der Waals surface area contributed by atoms with E-state index in [-0.39, 0.29) is 5.78 Å². The molecule has 0 atom stereocenters. The van der Waals surface area contributed by atoms with Gasteiger partial charge in [0.15, 0.2) is 5.78 Å². The lowest BCUT2D eigenvalue weighted by Gasteiger charge is -2.02. The second-order valence-corrected chi connectivity index (χ2v) is 3.29. The average molecular weight is 204 g/mol. The summed E-state index contributed by atoms with van der Waals surface area (Å²) in [6.07, 6.45) is 2.25. The number of carbonyl (C=O) groups is 1. The number of carbonyl (C=O) groups excluding carboxylic acids is 1. The highest BCUT2D eigenvalue weighted by molar-refractivity contribution is 5.96. The van der Waals surface area contributed by atoms with Gasteiger partial charge in [-0.05, 0) is 12.1 Å². The molecule has 0 aliphatic carbocycles. The predicted octanol–water partition coefficient (Wildman–Crippen LogP) is 1.62. The highest BCUT2D eigenvalue weighted by Crippen LogP contribution is 2.08. The number of Topliss-reactive ketones (excluding diaryl/α,β-unsaturated/α-hetero) is 1. The highest BCUT2D eigenvalue weighted by Gasteiger charge is 2.04. The van der Waals surface area contributed by atoms with Crippen LogP contribution in [0.5, 0.6) is 0 Å². The molecule has 3 nitrogen and oxygen atoms in total. The first-order valence-corrected chi connectivity index (χ1v) is 4.94. The third-order valence-corrected chi connectivity index (χ3v) is 2.03. The van der Waals surface area contributed by atoms with Crippen LogP contribution in [0.3, 0.4) is 0 Å². The van der Waals surface area contributed by atoms with Gasteiger partial charge in [0.2, 0.25) is 0 Å². The van der Waals surface area contributed by atoms with Gasteiger partial charge in [0, 0.05) is 30.8 Å². The monoisotopic (exact) mass is 204 g/mol. The van der Waals surface area contributed by atoms with Crippen LogP contribution >= 0.6 is 0 Å². The SMILES string of the molecule is C=CCNCCC(=O)c1cccc(N)c1. The fraction of sp³-hybridized carbons (Fsp3) is 0.250. The topological polar surface area (TPSA) is 55.1 Å². The summed E-state index contributed by atoms with van der Waals surface area (Å²) in [7, 11) is 0. The van der Waals surface area contributed by atoms with E-state index in [1.807, 2.05) is 0 Å². The van der Waals surface area contributed by atoms with Crippen LogP contribution in [0, 0.1) is 0 Å². The Hall–Kier alpha value is -1.61. The smallest absolute Gasteiger partial charge is 0.164 e. The molecule has 0 aliphatic heterocycles. The van der Waals surface area contributed by atoms with Crippen LogP contribution < -0.4 is 11.1 Å². The Morgan fingerprint density at radius 3 is 3.00 bits per heavy atom. The molecule has 0 fully saturated rings. The van der Waals surface area contributed by atoms with Crippen molar-refractivity contribution in [2.45, 2.75) is 6.42 Å². The van der Waals surface area contributed by atoms with E-state index in [4.69, 9.17) is 5.73 Å². The summed E-state index contributed by atoms with van der Waals surface area (Å²) < 4.78 is 0. The van der Waals surface area contributed by atoms with Crippen LogP contribution in [0.2, 0.25) is 0 Å². The van der Waals surface area contributed by atoms with Gasteiger partial charge in [-0.3, -0.25) is 4.79 Å². The summed E-state index contributed by atoms with van der Waals surface area (Å²) >= 11 is 0. The van der Waals surface area contributed by atoms with Gasteiger partial charge in [-0.15, -0.1) is 6.58 Å². The Labute approximate surface area is 90.0 Å². The van der Waals surface area contributed by atoms with Crippen LogP contribution in [-0.2, 0) is 0 Å². The number of rotatable bonds is 6. The van der Waals surface area contributed by atoms with E-state index in [1.165, 1.54) is 0 Å². The second kappa shape index (κ2) is 5.98. The lowest BCUT2D eigenvalue weighted by atomic mass is 10.1. The first-order chi connectivity index (χ1) is 7.24. The third-order valence-electron chi connectivity index (χ3n) is 2.03. The van der Waals surface area contributed by atoms with Crippen LogP contribution in [0.1, 0.15) is 16.8 Å². The number of ketones is 1. The number of hydrogen-bond acceptors (Lipinski definition) is 3. The number of benzene rings is 1. The molecule has 15 heavy (non-hydrogen) atoms. The molecule has 0 bridgehead atoms. The predicted molar refractivity (Wildman–Crippen MR) is 62.9 cm³/mol. The molecule has 1 rings (SSSR count). The summed E-state index contributed by atoms with van der Waals surface area (Å²) in [5.41, 5.74) is 6.89. The maximum absolute atomic E-state index is 11.6. The average Bonchev–Trinajstić information content (AvgIpc) is 2.24. The van der Waals surface area contributed by atoms with Crippen molar-refractivity contribution in [2.24, 2.45) is 0 Å².